The van der Waals surface area contributed by atoms with Crippen LogP contribution in [0.5, 0.6) is 5.75 Å². The van der Waals surface area contributed by atoms with Crippen LogP contribution in [0.1, 0.15) is 71.1 Å². The molecule has 0 aliphatic rings. The van der Waals surface area contributed by atoms with Gasteiger partial charge in [-0.15, -0.1) is 0 Å². The number of nitrogens with one attached hydrogen (secondary N) is 1. The van der Waals surface area contributed by atoms with E-state index >= 15 is 0 Å². The Morgan fingerprint density at radius 2 is 1.40 bits per heavy atom. The summed E-state index contributed by atoms with van der Waals surface area (Å²) in [5.74, 6) is 0.860. The number of amides is 2. The normalized spacial score (nSPS) is 10.5. The molecule has 0 aliphatic carbocycles. The van der Waals surface area contributed by atoms with Gasteiger partial charge in [-0.2, -0.15) is 0 Å². The maximum atomic E-state index is 11.6. The fourth-order valence-corrected chi connectivity index (χ4v) is 2.65. The third-order valence-corrected chi connectivity index (χ3v) is 4.28. The Balaban J connectivity index is 2.02. The molecule has 2 amide bonds. The summed E-state index contributed by atoms with van der Waals surface area (Å²) in [6.07, 6.45) is 13.3. The first kappa shape index (κ1) is 21.3. The largest absolute Gasteiger partial charge is 0.494 e. The predicted octanol–water partition coefficient (Wildman–Crippen LogP) is 6.08. The number of anilines is 1. The Morgan fingerprint density at radius 3 is 1.92 bits per heavy atom. The van der Waals surface area contributed by atoms with Crippen molar-refractivity contribution < 1.29 is 9.53 Å². The van der Waals surface area contributed by atoms with Crippen LogP contribution in [-0.4, -0.2) is 31.6 Å². The quantitative estimate of drug-likeness (QED) is 0.439. The van der Waals surface area contributed by atoms with Crippen LogP contribution in [0.25, 0.3) is 0 Å². The van der Waals surface area contributed by atoms with E-state index in [1.54, 1.807) is 14.1 Å². The Labute approximate surface area is 153 Å². The van der Waals surface area contributed by atoms with E-state index in [1.807, 2.05) is 24.3 Å². The van der Waals surface area contributed by atoms with Crippen LogP contribution < -0.4 is 10.1 Å². The molecule has 0 saturated heterocycles. The lowest BCUT2D eigenvalue weighted by Gasteiger charge is -2.12. The Hall–Kier alpha value is -1.71. The Kier molecular flexibility index (Phi) is 11.6. The lowest BCUT2D eigenvalue weighted by molar-refractivity contribution is 0.230. The Bertz CT molecular complexity index is 457. The number of unbranched alkanes of at least 4 members (excludes halogenated alkanes) is 9. The van der Waals surface area contributed by atoms with Crippen molar-refractivity contribution in [3.63, 3.8) is 0 Å². The van der Waals surface area contributed by atoms with Crippen LogP contribution in [0.3, 0.4) is 0 Å². The standard InChI is InChI=1S/C21H36N2O2/c1-4-5-6-7-8-9-10-11-12-13-18-25-20-16-14-19(15-17-20)22-21(24)23(2)3/h14-17H,4-13,18H2,1-3H3,(H,22,24). The van der Waals surface area contributed by atoms with Gasteiger partial charge in [0.15, 0.2) is 0 Å². The van der Waals surface area contributed by atoms with Crippen LogP contribution in [-0.2, 0) is 0 Å². The van der Waals surface area contributed by atoms with Crippen LogP contribution in [0, 0.1) is 0 Å². The van der Waals surface area contributed by atoms with E-state index in [1.165, 1.54) is 62.7 Å². The molecule has 1 rings (SSSR count). The maximum Gasteiger partial charge on any atom is 0.321 e. The number of benzene rings is 1. The number of carbonyl (C=O) groups is 1. The topological polar surface area (TPSA) is 41.6 Å². The van der Waals surface area contributed by atoms with Crippen molar-refractivity contribution in [2.45, 2.75) is 71.1 Å². The molecular weight excluding hydrogens is 312 g/mol. The summed E-state index contributed by atoms with van der Waals surface area (Å²) in [6, 6.07) is 7.42. The highest BCUT2D eigenvalue weighted by Gasteiger charge is 2.03. The predicted molar refractivity (Wildman–Crippen MR) is 106 cm³/mol. The molecule has 1 aromatic carbocycles. The zero-order valence-corrected chi connectivity index (χ0v) is 16.4. The summed E-state index contributed by atoms with van der Waals surface area (Å²) in [5, 5.41) is 2.81. The summed E-state index contributed by atoms with van der Waals surface area (Å²) < 4.78 is 5.76. The van der Waals surface area contributed by atoms with Gasteiger partial charge in [-0.3, -0.25) is 0 Å². The first-order valence-electron chi connectivity index (χ1n) is 9.84. The third-order valence-electron chi connectivity index (χ3n) is 4.28. The minimum absolute atomic E-state index is 0.126. The van der Waals surface area contributed by atoms with Crippen molar-refractivity contribution in [1.29, 1.82) is 0 Å². The highest BCUT2D eigenvalue weighted by atomic mass is 16.5. The van der Waals surface area contributed by atoms with Crippen molar-refractivity contribution in [2.75, 3.05) is 26.0 Å². The second-order valence-electron chi connectivity index (χ2n) is 6.88. The molecular formula is C21H36N2O2. The molecule has 0 aliphatic heterocycles. The zero-order valence-electron chi connectivity index (χ0n) is 16.4. The minimum atomic E-state index is -0.126. The van der Waals surface area contributed by atoms with Gasteiger partial charge >= 0.3 is 6.03 Å². The monoisotopic (exact) mass is 348 g/mol. The van der Waals surface area contributed by atoms with Crippen LogP contribution >= 0.6 is 0 Å². The lowest BCUT2D eigenvalue weighted by atomic mass is 10.1. The first-order chi connectivity index (χ1) is 12.1. The SMILES string of the molecule is CCCCCCCCCCCCOc1ccc(NC(=O)N(C)C)cc1. The second kappa shape index (κ2) is 13.6. The molecule has 0 unspecified atom stereocenters. The number of carbonyl (C=O) groups excluding carboxylic acids is 1. The second-order valence-corrected chi connectivity index (χ2v) is 6.88. The minimum Gasteiger partial charge on any atom is -0.494 e. The zero-order chi connectivity index (χ0) is 18.3. The average molecular weight is 349 g/mol. The van der Waals surface area contributed by atoms with Crippen molar-refractivity contribution in [1.82, 2.24) is 4.90 Å². The molecule has 0 saturated carbocycles. The maximum absolute atomic E-state index is 11.6. The molecule has 1 aromatic rings. The molecule has 0 radical (unpaired) electrons. The van der Waals surface area contributed by atoms with E-state index in [0.717, 1.165) is 24.5 Å². The molecule has 1 N–H and O–H groups in total. The van der Waals surface area contributed by atoms with Gasteiger partial charge in [0.2, 0.25) is 0 Å². The van der Waals surface area contributed by atoms with Gasteiger partial charge < -0.3 is 15.0 Å². The summed E-state index contributed by atoms with van der Waals surface area (Å²) in [5.41, 5.74) is 0.782. The van der Waals surface area contributed by atoms with Gasteiger partial charge in [-0.1, -0.05) is 64.7 Å². The number of hydrogen-bond acceptors (Lipinski definition) is 2. The number of nitrogens with zero attached hydrogens (tertiary/aromatic N) is 1. The highest BCUT2D eigenvalue weighted by Crippen LogP contribution is 2.17. The summed E-state index contributed by atoms with van der Waals surface area (Å²) in [7, 11) is 3.44. The number of rotatable bonds is 13. The van der Waals surface area contributed by atoms with Gasteiger partial charge in [-0.05, 0) is 30.7 Å². The van der Waals surface area contributed by atoms with Gasteiger partial charge in [0.1, 0.15) is 5.75 Å². The number of urea groups is 1. The molecule has 4 heteroatoms. The van der Waals surface area contributed by atoms with Crippen molar-refractivity contribution in [2.24, 2.45) is 0 Å². The molecule has 0 heterocycles. The molecule has 4 nitrogen and oxygen atoms in total. The molecule has 142 valence electrons. The van der Waals surface area contributed by atoms with Crippen molar-refractivity contribution in [3.8, 4) is 5.75 Å². The smallest absolute Gasteiger partial charge is 0.321 e. The van der Waals surface area contributed by atoms with Crippen LogP contribution in [0.2, 0.25) is 0 Å². The van der Waals surface area contributed by atoms with Crippen molar-refractivity contribution in [3.05, 3.63) is 24.3 Å². The fourth-order valence-electron chi connectivity index (χ4n) is 2.65. The highest BCUT2D eigenvalue weighted by molar-refractivity contribution is 5.88. The summed E-state index contributed by atoms with van der Waals surface area (Å²) >= 11 is 0. The van der Waals surface area contributed by atoms with Gasteiger partial charge in [0.05, 0.1) is 6.61 Å². The molecule has 0 aromatic heterocycles. The fraction of sp³-hybridized carbons (Fsp3) is 0.667. The van der Waals surface area contributed by atoms with E-state index in [-0.39, 0.29) is 6.03 Å². The first-order valence-corrected chi connectivity index (χ1v) is 9.84. The van der Waals surface area contributed by atoms with E-state index in [4.69, 9.17) is 4.74 Å². The van der Waals surface area contributed by atoms with Crippen LogP contribution in [0.15, 0.2) is 24.3 Å². The summed E-state index contributed by atoms with van der Waals surface area (Å²) in [4.78, 5) is 13.1. The molecule has 25 heavy (non-hydrogen) atoms. The van der Waals surface area contributed by atoms with E-state index in [9.17, 15) is 4.79 Å². The lowest BCUT2D eigenvalue weighted by Crippen LogP contribution is -2.27. The molecule has 0 spiro atoms. The van der Waals surface area contributed by atoms with Crippen molar-refractivity contribution >= 4 is 11.7 Å². The van der Waals surface area contributed by atoms with Gasteiger partial charge in [0, 0.05) is 19.8 Å². The molecule has 0 atom stereocenters. The van der Waals surface area contributed by atoms with E-state index in [0.29, 0.717) is 0 Å². The average Bonchev–Trinajstić information content (AvgIpc) is 2.61. The summed E-state index contributed by atoms with van der Waals surface area (Å²) in [6.45, 7) is 3.03. The van der Waals surface area contributed by atoms with E-state index < -0.39 is 0 Å². The van der Waals surface area contributed by atoms with Gasteiger partial charge in [0.25, 0.3) is 0 Å². The number of ether oxygens (including phenoxy) is 1. The van der Waals surface area contributed by atoms with Crippen LogP contribution in [0.4, 0.5) is 10.5 Å². The molecule has 0 bridgehead atoms. The molecule has 0 fully saturated rings. The third kappa shape index (κ3) is 10.7. The Morgan fingerprint density at radius 1 is 0.880 bits per heavy atom. The van der Waals surface area contributed by atoms with E-state index in [2.05, 4.69) is 12.2 Å². The van der Waals surface area contributed by atoms with Gasteiger partial charge in [-0.25, -0.2) is 4.79 Å². The number of hydrogen-bond donors (Lipinski definition) is 1.